The molecule has 0 saturated carbocycles. The van der Waals surface area contributed by atoms with Crippen LogP contribution in [0.1, 0.15) is 33.4 Å². The van der Waals surface area contributed by atoms with E-state index in [-0.39, 0.29) is 29.3 Å². The van der Waals surface area contributed by atoms with Crippen LogP contribution in [0.4, 0.5) is 5.69 Å². The smallest absolute Gasteiger partial charge is 0.290 e. The SMILES string of the molecule is CCn1c(CC(C)C)c(N)c(=O)n1CCS(=O)(=O)CC. The first-order valence-electron chi connectivity index (χ1n) is 7.01. The van der Waals surface area contributed by atoms with Gasteiger partial charge < -0.3 is 5.73 Å². The molecule has 116 valence electrons. The van der Waals surface area contributed by atoms with Gasteiger partial charge in [-0.05, 0) is 19.3 Å². The Bertz CT molecular complexity index is 612. The van der Waals surface area contributed by atoms with Crippen molar-refractivity contribution in [3.05, 3.63) is 16.0 Å². The molecule has 0 unspecified atom stereocenters. The molecular weight excluding hydrogens is 278 g/mol. The van der Waals surface area contributed by atoms with Crippen molar-refractivity contribution in [2.45, 2.75) is 47.2 Å². The molecule has 0 aromatic carbocycles. The van der Waals surface area contributed by atoms with Crippen LogP contribution in [0, 0.1) is 5.92 Å². The number of aromatic nitrogens is 2. The first kappa shape index (κ1) is 16.8. The van der Waals surface area contributed by atoms with Crippen LogP contribution in [0.3, 0.4) is 0 Å². The minimum Gasteiger partial charge on any atom is -0.393 e. The summed E-state index contributed by atoms with van der Waals surface area (Å²) in [7, 11) is -3.10. The monoisotopic (exact) mass is 303 g/mol. The summed E-state index contributed by atoms with van der Waals surface area (Å²) < 4.78 is 26.5. The maximum absolute atomic E-state index is 12.2. The quantitative estimate of drug-likeness (QED) is 0.810. The maximum Gasteiger partial charge on any atom is 0.290 e. The largest absolute Gasteiger partial charge is 0.393 e. The highest BCUT2D eigenvalue weighted by Gasteiger charge is 2.19. The summed E-state index contributed by atoms with van der Waals surface area (Å²) in [5, 5.41) is 0. The fourth-order valence-corrected chi connectivity index (χ4v) is 2.95. The van der Waals surface area contributed by atoms with Gasteiger partial charge in [0.2, 0.25) is 0 Å². The van der Waals surface area contributed by atoms with Gasteiger partial charge in [0, 0.05) is 12.3 Å². The minimum absolute atomic E-state index is 0.0338. The lowest BCUT2D eigenvalue weighted by Gasteiger charge is -2.14. The van der Waals surface area contributed by atoms with E-state index in [2.05, 4.69) is 13.8 Å². The second-order valence-corrected chi connectivity index (χ2v) is 7.81. The normalized spacial score (nSPS) is 12.2. The van der Waals surface area contributed by atoms with Crippen molar-refractivity contribution in [2.24, 2.45) is 5.92 Å². The zero-order chi connectivity index (χ0) is 15.5. The van der Waals surface area contributed by atoms with Crippen LogP contribution in [-0.4, -0.2) is 29.3 Å². The molecule has 1 aromatic rings. The van der Waals surface area contributed by atoms with Gasteiger partial charge in [-0.3, -0.25) is 9.48 Å². The van der Waals surface area contributed by atoms with Gasteiger partial charge in [-0.15, -0.1) is 0 Å². The van der Waals surface area contributed by atoms with Gasteiger partial charge in [0.05, 0.1) is 18.0 Å². The third-order valence-electron chi connectivity index (χ3n) is 3.33. The molecule has 0 amide bonds. The van der Waals surface area contributed by atoms with Crippen LogP contribution in [-0.2, 0) is 29.3 Å². The summed E-state index contributed by atoms with van der Waals surface area (Å²) in [5.74, 6) is 0.432. The van der Waals surface area contributed by atoms with Crippen molar-refractivity contribution in [1.29, 1.82) is 0 Å². The van der Waals surface area contributed by atoms with E-state index < -0.39 is 9.84 Å². The van der Waals surface area contributed by atoms with Crippen molar-refractivity contribution in [3.63, 3.8) is 0 Å². The highest BCUT2D eigenvalue weighted by atomic mass is 32.2. The van der Waals surface area contributed by atoms with Crippen LogP contribution >= 0.6 is 0 Å². The number of hydrogen-bond acceptors (Lipinski definition) is 4. The standard InChI is InChI=1S/C13H25N3O3S/c1-5-15-11(9-10(3)4)12(14)13(17)16(15)7-8-20(18,19)6-2/h10H,5-9,14H2,1-4H3. The summed E-state index contributed by atoms with van der Waals surface area (Å²) in [6, 6.07) is 0. The summed E-state index contributed by atoms with van der Waals surface area (Å²) in [6.07, 6.45) is 0.711. The number of nitrogens with two attached hydrogens (primary N) is 1. The van der Waals surface area contributed by atoms with Gasteiger partial charge >= 0.3 is 0 Å². The molecule has 1 aromatic heterocycles. The molecule has 0 aliphatic carbocycles. The van der Waals surface area contributed by atoms with E-state index in [1.807, 2.05) is 11.6 Å². The maximum atomic E-state index is 12.2. The van der Waals surface area contributed by atoms with Crippen LogP contribution in [0.5, 0.6) is 0 Å². The summed E-state index contributed by atoms with van der Waals surface area (Å²) >= 11 is 0. The highest BCUT2D eigenvalue weighted by molar-refractivity contribution is 7.91. The molecule has 0 aliphatic rings. The summed E-state index contributed by atoms with van der Waals surface area (Å²) in [5.41, 5.74) is 6.66. The predicted octanol–water partition coefficient (Wildman–Crippen LogP) is 0.885. The van der Waals surface area contributed by atoms with Crippen LogP contribution in [0.2, 0.25) is 0 Å². The number of hydrogen-bond donors (Lipinski definition) is 1. The fraction of sp³-hybridized carbons (Fsp3) is 0.769. The van der Waals surface area contributed by atoms with Gasteiger partial charge in [0.25, 0.3) is 5.56 Å². The molecule has 0 aliphatic heterocycles. The molecule has 0 spiro atoms. The second kappa shape index (κ2) is 6.47. The minimum atomic E-state index is -3.10. The fourth-order valence-electron chi connectivity index (χ4n) is 2.21. The van der Waals surface area contributed by atoms with E-state index in [1.165, 1.54) is 4.68 Å². The first-order chi connectivity index (χ1) is 9.23. The average Bonchev–Trinajstić information content (AvgIpc) is 2.60. The Hall–Kier alpha value is -1.24. The molecule has 1 rings (SSSR count). The zero-order valence-electron chi connectivity index (χ0n) is 12.7. The molecule has 2 N–H and O–H groups in total. The molecule has 0 radical (unpaired) electrons. The molecule has 20 heavy (non-hydrogen) atoms. The molecule has 7 heteroatoms. The van der Waals surface area contributed by atoms with Crippen molar-refractivity contribution >= 4 is 15.5 Å². The Morgan fingerprint density at radius 3 is 2.25 bits per heavy atom. The van der Waals surface area contributed by atoms with Crippen molar-refractivity contribution in [3.8, 4) is 0 Å². The van der Waals surface area contributed by atoms with E-state index in [9.17, 15) is 13.2 Å². The van der Waals surface area contributed by atoms with Gasteiger partial charge in [-0.2, -0.15) is 0 Å². The second-order valence-electron chi connectivity index (χ2n) is 5.34. The van der Waals surface area contributed by atoms with E-state index in [0.717, 1.165) is 5.69 Å². The molecule has 0 bridgehead atoms. The molecule has 1 heterocycles. The lowest BCUT2D eigenvalue weighted by molar-refractivity contribution is 0.449. The Morgan fingerprint density at radius 1 is 1.20 bits per heavy atom. The number of sulfone groups is 1. The van der Waals surface area contributed by atoms with E-state index in [1.54, 1.807) is 6.92 Å². The average molecular weight is 303 g/mol. The van der Waals surface area contributed by atoms with Crippen molar-refractivity contribution < 1.29 is 8.42 Å². The van der Waals surface area contributed by atoms with E-state index in [0.29, 0.717) is 18.9 Å². The molecule has 0 atom stereocenters. The first-order valence-corrected chi connectivity index (χ1v) is 8.84. The van der Waals surface area contributed by atoms with Gasteiger partial charge in [-0.1, -0.05) is 20.8 Å². The van der Waals surface area contributed by atoms with E-state index in [4.69, 9.17) is 5.73 Å². The molecule has 6 nitrogen and oxygen atoms in total. The van der Waals surface area contributed by atoms with E-state index >= 15 is 0 Å². The van der Waals surface area contributed by atoms with Crippen LogP contribution in [0.15, 0.2) is 4.79 Å². The topological polar surface area (TPSA) is 87.1 Å². The van der Waals surface area contributed by atoms with Crippen molar-refractivity contribution in [2.75, 3.05) is 17.2 Å². The zero-order valence-corrected chi connectivity index (χ0v) is 13.5. The van der Waals surface area contributed by atoms with Gasteiger partial charge in [0.1, 0.15) is 5.69 Å². The lowest BCUT2D eigenvalue weighted by Crippen LogP contribution is -2.28. The molecule has 0 saturated heterocycles. The summed E-state index contributed by atoms with van der Waals surface area (Å²) in [6.45, 7) is 8.40. The number of nitrogen functional groups attached to an aromatic ring is 1. The third kappa shape index (κ3) is 3.65. The number of nitrogens with zero attached hydrogens (tertiary/aromatic N) is 2. The molecular formula is C13H25N3O3S. The Balaban J connectivity index is 3.17. The van der Waals surface area contributed by atoms with Gasteiger partial charge in [-0.25, -0.2) is 13.1 Å². The van der Waals surface area contributed by atoms with Gasteiger partial charge in [0.15, 0.2) is 9.84 Å². The number of anilines is 1. The van der Waals surface area contributed by atoms with Crippen LogP contribution in [0.25, 0.3) is 0 Å². The van der Waals surface area contributed by atoms with Crippen molar-refractivity contribution in [1.82, 2.24) is 9.36 Å². The lowest BCUT2D eigenvalue weighted by atomic mass is 10.1. The predicted molar refractivity (Wildman–Crippen MR) is 81.6 cm³/mol. The Morgan fingerprint density at radius 2 is 1.80 bits per heavy atom. The van der Waals surface area contributed by atoms with Crippen LogP contribution < -0.4 is 11.3 Å². The number of rotatable bonds is 7. The highest BCUT2D eigenvalue weighted by Crippen LogP contribution is 2.14. The third-order valence-corrected chi connectivity index (χ3v) is 5.02. The Labute approximate surface area is 120 Å². The Kier molecular flexibility index (Phi) is 5.44. The summed E-state index contributed by atoms with van der Waals surface area (Å²) in [4.78, 5) is 12.2. The molecule has 0 fully saturated rings.